The second-order valence-corrected chi connectivity index (χ2v) is 5.25. The van der Waals surface area contributed by atoms with Crippen molar-refractivity contribution < 1.29 is 0 Å². The van der Waals surface area contributed by atoms with Gasteiger partial charge in [0.2, 0.25) is 0 Å². The standard InChI is InChI=1S/C14H30N2/c1-5-8-13-9-10-16(11-13)12(4)14(6-2)15-7-3/h12-15H,5-11H2,1-4H3. The monoisotopic (exact) mass is 226 g/mol. The fraction of sp³-hybridized carbons (Fsp3) is 1.00. The van der Waals surface area contributed by atoms with Crippen LogP contribution in [0.2, 0.25) is 0 Å². The molecule has 0 saturated carbocycles. The number of nitrogens with zero attached hydrogens (tertiary/aromatic N) is 1. The molecule has 0 aromatic rings. The number of likely N-dealkylation sites (tertiary alicyclic amines) is 1. The molecule has 1 heterocycles. The Balaban J connectivity index is 2.39. The minimum atomic E-state index is 0.672. The van der Waals surface area contributed by atoms with Gasteiger partial charge in [-0.1, -0.05) is 27.2 Å². The number of rotatable bonds is 7. The molecule has 3 unspecified atom stereocenters. The number of likely N-dealkylation sites (N-methyl/N-ethyl adjacent to an activating group) is 1. The van der Waals surface area contributed by atoms with Crippen molar-refractivity contribution in [1.29, 1.82) is 0 Å². The van der Waals surface area contributed by atoms with E-state index in [-0.39, 0.29) is 0 Å². The summed E-state index contributed by atoms with van der Waals surface area (Å²) in [4.78, 5) is 2.69. The lowest BCUT2D eigenvalue weighted by molar-refractivity contribution is 0.196. The van der Waals surface area contributed by atoms with Crippen LogP contribution in [0.1, 0.15) is 53.4 Å². The summed E-state index contributed by atoms with van der Waals surface area (Å²) in [5, 5.41) is 3.61. The highest BCUT2D eigenvalue weighted by molar-refractivity contribution is 4.85. The zero-order valence-electron chi connectivity index (χ0n) is 11.6. The molecule has 1 aliphatic rings. The molecule has 0 spiro atoms. The van der Waals surface area contributed by atoms with Crippen LogP contribution in [0.4, 0.5) is 0 Å². The predicted octanol–water partition coefficient (Wildman–Crippen LogP) is 2.89. The van der Waals surface area contributed by atoms with Crippen LogP contribution in [-0.2, 0) is 0 Å². The lowest BCUT2D eigenvalue weighted by Gasteiger charge is -2.32. The van der Waals surface area contributed by atoms with Crippen LogP contribution in [0.15, 0.2) is 0 Å². The van der Waals surface area contributed by atoms with Gasteiger partial charge < -0.3 is 5.32 Å². The Morgan fingerprint density at radius 3 is 2.62 bits per heavy atom. The van der Waals surface area contributed by atoms with E-state index in [2.05, 4.69) is 37.9 Å². The number of hydrogen-bond donors (Lipinski definition) is 1. The van der Waals surface area contributed by atoms with E-state index in [4.69, 9.17) is 0 Å². The van der Waals surface area contributed by atoms with Crippen molar-refractivity contribution in [3.05, 3.63) is 0 Å². The summed E-state index contributed by atoms with van der Waals surface area (Å²) in [6.07, 6.45) is 5.42. The Morgan fingerprint density at radius 1 is 1.31 bits per heavy atom. The Bertz CT molecular complexity index is 182. The molecule has 0 aliphatic carbocycles. The molecular formula is C14H30N2. The first-order valence-electron chi connectivity index (χ1n) is 7.20. The minimum absolute atomic E-state index is 0.672. The second-order valence-electron chi connectivity index (χ2n) is 5.25. The normalized spacial score (nSPS) is 25.9. The summed E-state index contributed by atoms with van der Waals surface area (Å²) in [6, 6.07) is 1.37. The average molecular weight is 226 g/mol. The van der Waals surface area contributed by atoms with Gasteiger partial charge in [-0.2, -0.15) is 0 Å². The van der Waals surface area contributed by atoms with Gasteiger partial charge >= 0.3 is 0 Å². The van der Waals surface area contributed by atoms with Crippen LogP contribution in [0.25, 0.3) is 0 Å². The molecule has 2 nitrogen and oxygen atoms in total. The third-order valence-electron chi connectivity index (χ3n) is 4.08. The molecule has 1 rings (SSSR count). The summed E-state index contributed by atoms with van der Waals surface area (Å²) in [5.41, 5.74) is 0. The number of hydrogen-bond acceptors (Lipinski definition) is 2. The van der Waals surface area contributed by atoms with Crippen molar-refractivity contribution in [3.63, 3.8) is 0 Å². The molecule has 0 radical (unpaired) electrons. The largest absolute Gasteiger partial charge is 0.313 e. The summed E-state index contributed by atoms with van der Waals surface area (Å²) in [7, 11) is 0. The van der Waals surface area contributed by atoms with Gasteiger partial charge in [-0.3, -0.25) is 4.90 Å². The van der Waals surface area contributed by atoms with Crippen molar-refractivity contribution in [3.8, 4) is 0 Å². The van der Waals surface area contributed by atoms with Gasteiger partial charge in [0.1, 0.15) is 0 Å². The molecule has 0 bridgehead atoms. The Kier molecular flexibility index (Phi) is 6.37. The molecule has 0 amide bonds. The lowest BCUT2D eigenvalue weighted by atomic mass is 10.0. The minimum Gasteiger partial charge on any atom is -0.313 e. The van der Waals surface area contributed by atoms with Gasteiger partial charge in [0, 0.05) is 18.6 Å². The second kappa shape index (κ2) is 7.29. The molecule has 0 aromatic heterocycles. The van der Waals surface area contributed by atoms with Crippen molar-refractivity contribution in [2.24, 2.45) is 5.92 Å². The first-order chi connectivity index (χ1) is 7.72. The smallest absolute Gasteiger partial charge is 0.0221 e. The summed E-state index contributed by atoms with van der Waals surface area (Å²) in [6.45, 7) is 12.9. The zero-order valence-corrected chi connectivity index (χ0v) is 11.6. The summed E-state index contributed by atoms with van der Waals surface area (Å²) >= 11 is 0. The third-order valence-corrected chi connectivity index (χ3v) is 4.08. The van der Waals surface area contributed by atoms with E-state index in [0.717, 1.165) is 12.5 Å². The average Bonchev–Trinajstić information content (AvgIpc) is 2.74. The fourth-order valence-electron chi connectivity index (χ4n) is 3.05. The molecule has 1 aliphatic heterocycles. The van der Waals surface area contributed by atoms with E-state index in [9.17, 15) is 0 Å². The fourth-order valence-corrected chi connectivity index (χ4v) is 3.05. The van der Waals surface area contributed by atoms with Crippen molar-refractivity contribution in [1.82, 2.24) is 10.2 Å². The maximum Gasteiger partial charge on any atom is 0.0221 e. The highest BCUT2D eigenvalue weighted by Gasteiger charge is 2.28. The van der Waals surface area contributed by atoms with Gasteiger partial charge in [0.05, 0.1) is 0 Å². The lowest BCUT2D eigenvalue weighted by Crippen LogP contribution is -2.47. The molecule has 96 valence electrons. The molecular weight excluding hydrogens is 196 g/mol. The van der Waals surface area contributed by atoms with Crippen LogP contribution in [0.5, 0.6) is 0 Å². The molecule has 3 atom stereocenters. The Labute approximate surface area is 102 Å². The molecule has 16 heavy (non-hydrogen) atoms. The van der Waals surface area contributed by atoms with Crippen LogP contribution >= 0.6 is 0 Å². The van der Waals surface area contributed by atoms with Crippen LogP contribution in [0.3, 0.4) is 0 Å². The first-order valence-corrected chi connectivity index (χ1v) is 7.20. The number of nitrogens with one attached hydrogen (secondary N) is 1. The van der Waals surface area contributed by atoms with E-state index in [1.807, 2.05) is 0 Å². The maximum atomic E-state index is 3.61. The molecule has 2 heteroatoms. The van der Waals surface area contributed by atoms with Crippen LogP contribution < -0.4 is 5.32 Å². The quantitative estimate of drug-likeness (QED) is 0.718. The SMILES string of the molecule is CCCC1CCN(C(C)C(CC)NCC)C1. The molecule has 1 fully saturated rings. The highest BCUT2D eigenvalue weighted by atomic mass is 15.2. The molecule has 1 N–H and O–H groups in total. The van der Waals surface area contributed by atoms with Gasteiger partial charge in [-0.25, -0.2) is 0 Å². The first kappa shape index (κ1) is 14.0. The zero-order chi connectivity index (χ0) is 12.0. The highest BCUT2D eigenvalue weighted by Crippen LogP contribution is 2.24. The van der Waals surface area contributed by atoms with E-state index >= 15 is 0 Å². The molecule has 1 saturated heterocycles. The summed E-state index contributed by atoms with van der Waals surface area (Å²) < 4.78 is 0. The van der Waals surface area contributed by atoms with Crippen LogP contribution in [0, 0.1) is 5.92 Å². The van der Waals surface area contributed by atoms with Crippen molar-refractivity contribution in [2.75, 3.05) is 19.6 Å². The van der Waals surface area contributed by atoms with Gasteiger partial charge in [-0.05, 0) is 45.2 Å². The van der Waals surface area contributed by atoms with E-state index < -0.39 is 0 Å². The van der Waals surface area contributed by atoms with Gasteiger partial charge in [0.15, 0.2) is 0 Å². The maximum absolute atomic E-state index is 3.61. The van der Waals surface area contributed by atoms with E-state index in [1.165, 1.54) is 38.8 Å². The van der Waals surface area contributed by atoms with Crippen molar-refractivity contribution in [2.45, 2.75) is 65.5 Å². The van der Waals surface area contributed by atoms with Gasteiger partial charge in [-0.15, -0.1) is 0 Å². The van der Waals surface area contributed by atoms with E-state index in [1.54, 1.807) is 0 Å². The Morgan fingerprint density at radius 2 is 2.06 bits per heavy atom. The Hall–Kier alpha value is -0.0800. The van der Waals surface area contributed by atoms with Crippen molar-refractivity contribution >= 4 is 0 Å². The van der Waals surface area contributed by atoms with Crippen LogP contribution in [-0.4, -0.2) is 36.6 Å². The van der Waals surface area contributed by atoms with Gasteiger partial charge in [0.25, 0.3) is 0 Å². The van der Waals surface area contributed by atoms with E-state index in [0.29, 0.717) is 12.1 Å². The topological polar surface area (TPSA) is 15.3 Å². The third kappa shape index (κ3) is 3.74. The summed E-state index contributed by atoms with van der Waals surface area (Å²) in [5.74, 6) is 0.964. The predicted molar refractivity (Wildman–Crippen MR) is 71.8 cm³/mol. The molecule has 0 aromatic carbocycles.